The minimum absolute atomic E-state index is 0.280. The summed E-state index contributed by atoms with van der Waals surface area (Å²) in [4.78, 5) is 11.2. The number of alkyl halides is 3. The van der Waals surface area contributed by atoms with Gasteiger partial charge in [0.15, 0.2) is 0 Å². The van der Waals surface area contributed by atoms with Gasteiger partial charge in [-0.05, 0) is 12.5 Å². The molecule has 17 heavy (non-hydrogen) atoms. The molecule has 0 radical (unpaired) electrons. The van der Waals surface area contributed by atoms with Crippen LogP contribution in [-0.4, -0.2) is 16.5 Å². The Labute approximate surface area is 115 Å². The summed E-state index contributed by atoms with van der Waals surface area (Å²) in [5, 5.41) is 2.55. The summed E-state index contributed by atoms with van der Waals surface area (Å²) in [5.74, 6) is 0. The molecule has 0 aromatic heterocycles. The lowest BCUT2D eigenvalue weighted by molar-refractivity contribution is 0.148. The molecule has 3 nitrogen and oxygen atoms in total. The fourth-order valence-electron chi connectivity index (χ4n) is 1.08. The third kappa shape index (κ3) is 6.61. The van der Waals surface area contributed by atoms with E-state index in [4.69, 9.17) is 39.5 Å². The third-order valence-electron chi connectivity index (χ3n) is 1.92. The number of nitrogens with one attached hydrogen (secondary N) is 1. The van der Waals surface area contributed by atoms with Crippen molar-refractivity contribution in [3.8, 4) is 0 Å². The highest BCUT2D eigenvalue weighted by atomic mass is 35.6. The van der Waals surface area contributed by atoms with Crippen molar-refractivity contribution in [1.82, 2.24) is 5.32 Å². The van der Waals surface area contributed by atoms with Crippen molar-refractivity contribution in [2.45, 2.75) is 17.3 Å². The number of halogens is 3. The van der Waals surface area contributed by atoms with Crippen molar-refractivity contribution in [3.05, 3.63) is 35.4 Å². The van der Waals surface area contributed by atoms with Gasteiger partial charge in [0.2, 0.25) is 3.79 Å². The van der Waals surface area contributed by atoms with Crippen LogP contribution in [0.5, 0.6) is 0 Å². The Morgan fingerprint density at radius 2 is 1.88 bits per heavy atom. The number of amides is 1. The van der Waals surface area contributed by atoms with Crippen LogP contribution in [0.15, 0.2) is 24.3 Å². The van der Waals surface area contributed by atoms with Crippen molar-refractivity contribution in [1.29, 1.82) is 0 Å². The maximum absolute atomic E-state index is 11.2. The van der Waals surface area contributed by atoms with Gasteiger partial charge >= 0.3 is 6.09 Å². The number of carbonyl (C=O) groups is 1. The first-order valence-electron chi connectivity index (χ1n) is 4.90. The molecule has 0 fully saturated rings. The maximum Gasteiger partial charge on any atom is 0.407 e. The average Bonchev–Trinajstić information content (AvgIpc) is 2.25. The predicted molar refractivity (Wildman–Crippen MR) is 69.7 cm³/mol. The topological polar surface area (TPSA) is 38.3 Å². The number of benzene rings is 1. The molecule has 1 aromatic rings. The van der Waals surface area contributed by atoms with Gasteiger partial charge in [-0.15, -0.1) is 0 Å². The number of alkyl carbamates (subject to hydrolysis) is 1. The van der Waals surface area contributed by atoms with E-state index >= 15 is 0 Å². The first-order valence-corrected chi connectivity index (χ1v) is 6.03. The molecule has 0 atom stereocenters. The molecule has 1 N–H and O–H groups in total. The van der Waals surface area contributed by atoms with E-state index in [2.05, 4.69) is 5.32 Å². The minimum Gasteiger partial charge on any atom is -0.445 e. The first-order chi connectivity index (χ1) is 7.87. The van der Waals surface area contributed by atoms with Crippen LogP contribution in [0.25, 0.3) is 0 Å². The smallest absolute Gasteiger partial charge is 0.407 e. The van der Waals surface area contributed by atoms with E-state index in [0.717, 1.165) is 11.1 Å². The Kier molecular flexibility index (Phi) is 5.37. The number of ether oxygens (including phenoxy) is 1. The summed E-state index contributed by atoms with van der Waals surface area (Å²) in [7, 11) is 0. The SMILES string of the molecule is Cc1ccc(CNC(=O)OCC(Cl)(Cl)Cl)cc1. The molecular weight excluding hydrogens is 284 g/mol. The van der Waals surface area contributed by atoms with Crippen LogP contribution in [-0.2, 0) is 11.3 Å². The van der Waals surface area contributed by atoms with Crippen LogP contribution in [0.4, 0.5) is 4.79 Å². The Bertz CT molecular complexity index is 373. The zero-order valence-corrected chi connectivity index (χ0v) is 11.4. The monoisotopic (exact) mass is 295 g/mol. The molecule has 0 bridgehead atoms. The largest absolute Gasteiger partial charge is 0.445 e. The zero-order chi connectivity index (χ0) is 12.9. The lowest BCUT2D eigenvalue weighted by Gasteiger charge is -2.12. The van der Waals surface area contributed by atoms with Crippen molar-refractivity contribution in [2.75, 3.05) is 6.61 Å². The quantitative estimate of drug-likeness (QED) is 0.866. The third-order valence-corrected chi connectivity index (χ3v) is 2.25. The van der Waals surface area contributed by atoms with E-state index in [1.165, 1.54) is 0 Å². The van der Waals surface area contributed by atoms with Gasteiger partial charge < -0.3 is 10.1 Å². The molecule has 0 unspecified atom stereocenters. The highest BCUT2D eigenvalue weighted by molar-refractivity contribution is 6.67. The second kappa shape index (κ2) is 6.34. The summed E-state index contributed by atoms with van der Waals surface area (Å²) >= 11 is 16.3. The molecule has 1 amide bonds. The van der Waals surface area contributed by atoms with E-state index in [9.17, 15) is 4.79 Å². The minimum atomic E-state index is -1.58. The van der Waals surface area contributed by atoms with E-state index in [1.54, 1.807) is 0 Å². The molecule has 0 aliphatic carbocycles. The fourth-order valence-corrected chi connectivity index (χ4v) is 1.24. The van der Waals surface area contributed by atoms with E-state index in [0.29, 0.717) is 6.54 Å². The van der Waals surface area contributed by atoms with Crippen LogP contribution >= 0.6 is 34.8 Å². The summed E-state index contributed by atoms with van der Waals surface area (Å²) in [6.45, 7) is 2.09. The Morgan fingerprint density at radius 1 is 1.29 bits per heavy atom. The van der Waals surface area contributed by atoms with Gasteiger partial charge in [0, 0.05) is 6.54 Å². The Hall–Kier alpha value is -0.640. The van der Waals surface area contributed by atoms with Crippen LogP contribution in [0.2, 0.25) is 0 Å². The van der Waals surface area contributed by atoms with Crippen LogP contribution in [0, 0.1) is 6.92 Å². The average molecular weight is 297 g/mol. The number of hydrogen-bond acceptors (Lipinski definition) is 2. The Balaban J connectivity index is 2.31. The van der Waals surface area contributed by atoms with E-state index in [1.807, 2.05) is 31.2 Å². The lowest BCUT2D eigenvalue weighted by Crippen LogP contribution is -2.27. The molecule has 0 spiro atoms. The summed E-state index contributed by atoms with van der Waals surface area (Å²) in [6, 6.07) is 7.77. The molecule has 0 aliphatic heterocycles. The summed E-state index contributed by atoms with van der Waals surface area (Å²) in [5.41, 5.74) is 2.13. The normalized spacial score (nSPS) is 11.1. The van der Waals surface area contributed by atoms with Gasteiger partial charge in [-0.1, -0.05) is 64.6 Å². The maximum atomic E-state index is 11.2. The standard InChI is InChI=1S/C11H12Cl3NO2/c1-8-2-4-9(5-3-8)6-15-10(16)17-7-11(12,13)14/h2-5H,6-7H2,1H3,(H,15,16). The van der Waals surface area contributed by atoms with Gasteiger partial charge in [0.05, 0.1) is 0 Å². The number of hydrogen-bond donors (Lipinski definition) is 1. The van der Waals surface area contributed by atoms with Gasteiger partial charge in [0.1, 0.15) is 6.61 Å². The molecule has 1 rings (SSSR count). The van der Waals surface area contributed by atoms with Gasteiger partial charge in [-0.3, -0.25) is 0 Å². The molecule has 0 saturated carbocycles. The molecule has 0 heterocycles. The van der Waals surface area contributed by atoms with Crippen LogP contribution in [0.3, 0.4) is 0 Å². The summed E-state index contributed by atoms with van der Waals surface area (Å²) < 4.78 is 3.12. The second-order valence-corrected chi connectivity index (χ2v) is 6.05. The highest BCUT2D eigenvalue weighted by Crippen LogP contribution is 2.25. The fraction of sp³-hybridized carbons (Fsp3) is 0.364. The molecule has 6 heteroatoms. The molecule has 0 saturated heterocycles. The van der Waals surface area contributed by atoms with Gasteiger partial charge in [-0.2, -0.15) is 0 Å². The predicted octanol–water partition coefficient (Wildman–Crippen LogP) is 3.59. The molecule has 1 aromatic carbocycles. The van der Waals surface area contributed by atoms with Crippen molar-refractivity contribution < 1.29 is 9.53 Å². The lowest BCUT2D eigenvalue weighted by atomic mass is 10.1. The second-order valence-electron chi connectivity index (χ2n) is 3.53. The van der Waals surface area contributed by atoms with Gasteiger partial charge in [0.25, 0.3) is 0 Å². The van der Waals surface area contributed by atoms with Crippen LogP contribution in [0.1, 0.15) is 11.1 Å². The van der Waals surface area contributed by atoms with Crippen LogP contribution < -0.4 is 5.32 Å². The summed E-state index contributed by atoms with van der Waals surface area (Å²) in [6.07, 6.45) is -0.614. The number of aryl methyl sites for hydroxylation is 1. The molecule has 0 aliphatic rings. The Morgan fingerprint density at radius 3 is 2.41 bits per heavy atom. The molecular formula is C11H12Cl3NO2. The molecule has 94 valence electrons. The van der Waals surface area contributed by atoms with Crippen molar-refractivity contribution >= 4 is 40.9 Å². The van der Waals surface area contributed by atoms with Crippen molar-refractivity contribution in [2.24, 2.45) is 0 Å². The number of rotatable bonds is 3. The highest BCUT2D eigenvalue weighted by Gasteiger charge is 2.21. The van der Waals surface area contributed by atoms with Crippen molar-refractivity contribution in [3.63, 3.8) is 0 Å². The number of carbonyl (C=O) groups excluding carboxylic acids is 1. The van der Waals surface area contributed by atoms with E-state index in [-0.39, 0.29) is 6.61 Å². The van der Waals surface area contributed by atoms with Gasteiger partial charge in [-0.25, -0.2) is 4.79 Å². The van der Waals surface area contributed by atoms with E-state index < -0.39 is 9.89 Å². The first kappa shape index (κ1) is 14.4. The zero-order valence-electron chi connectivity index (χ0n) is 9.17.